The maximum atomic E-state index is 15.0. The number of para-hydroxylation sites is 1. The van der Waals surface area contributed by atoms with Gasteiger partial charge in [-0.15, -0.1) is 11.3 Å². The minimum absolute atomic E-state index is 0.296. The monoisotopic (exact) mass is 674 g/mol. The maximum Gasteiger partial charge on any atom is 0.164 e. The Balaban J connectivity index is 1.26. The largest absolute Gasteiger partial charge is 0.309 e. The van der Waals surface area contributed by atoms with E-state index in [1.54, 1.807) is 12.1 Å². The quantitative estimate of drug-likeness (QED) is 0.182. The highest BCUT2D eigenvalue weighted by Gasteiger charge is 2.21. The first-order chi connectivity index (χ1) is 25.2. The van der Waals surface area contributed by atoms with Crippen molar-refractivity contribution < 1.29 is 4.39 Å². The van der Waals surface area contributed by atoms with Gasteiger partial charge in [-0.25, -0.2) is 19.3 Å². The molecule has 10 aromatic rings. The fourth-order valence-electron chi connectivity index (χ4n) is 7.23. The normalized spacial score (nSPS) is 11.6. The van der Waals surface area contributed by atoms with E-state index in [-0.39, 0.29) is 5.82 Å². The Kier molecular flexibility index (Phi) is 6.82. The van der Waals surface area contributed by atoms with Gasteiger partial charge in [0.05, 0.1) is 16.7 Å². The number of nitrogens with zero attached hydrogens (tertiary/aromatic N) is 4. The third kappa shape index (κ3) is 4.91. The van der Waals surface area contributed by atoms with Crippen LogP contribution in [-0.2, 0) is 0 Å². The molecule has 0 amide bonds. The van der Waals surface area contributed by atoms with E-state index in [1.165, 1.54) is 37.0 Å². The van der Waals surface area contributed by atoms with Crippen LogP contribution in [0.1, 0.15) is 0 Å². The number of halogens is 1. The van der Waals surface area contributed by atoms with Crippen molar-refractivity contribution >= 4 is 53.3 Å². The van der Waals surface area contributed by atoms with Gasteiger partial charge in [-0.3, -0.25) is 0 Å². The highest BCUT2D eigenvalue weighted by molar-refractivity contribution is 7.26. The highest BCUT2D eigenvalue weighted by atomic mass is 32.1. The van der Waals surface area contributed by atoms with E-state index in [4.69, 9.17) is 15.0 Å². The number of hydrogen-bond acceptors (Lipinski definition) is 4. The van der Waals surface area contributed by atoms with E-state index in [2.05, 4.69) is 83.4 Å². The number of hydrogen-bond donors (Lipinski definition) is 0. The summed E-state index contributed by atoms with van der Waals surface area (Å²) in [7, 11) is 0. The molecule has 0 atom stereocenters. The second kappa shape index (κ2) is 11.8. The molecule has 7 aromatic carbocycles. The molecular formula is C45H27FN4S. The molecule has 10 rings (SSSR count). The maximum absolute atomic E-state index is 15.0. The van der Waals surface area contributed by atoms with Gasteiger partial charge in [-0.05, 0) is 60.2 Å². The standard InChI is InChI=1S/C45H27FN4S/c46-32-17-11-16-30(26-32)35-27-31(45-48-43(28-12-3-1-4-13-28)47-44(49-45)29-14-5-2-6-15-29)22-23-37(35)50-36-20-9-7-18-33(36)41-38(50)24-25-40-42(41)34-19-8-10-21-39(34)51-40/h1-27H. The second-order valence-corrected chi connectivity index (χ2v) is 13.6. The Bertz CT molecular complexity index is 2870. The van der Waals surface area contributed by atoms with Crippen LogP contribution in [0.15, 0.2) is 164 Å². The SMILES string of the molecule is Fc1cccc(-c2cc(-c3nc(-c4ccccc4)nc(-c4ccccc4)n3)ccc2-n2c3ccccc3c3c4c(ccc32)sc2ccccc24)c1. The zero-order chi connectivity index (χ0) is 33.9. The summed E-state index contributed by atoms with van der Waals surface area (Å²) in [6.07, 6.45) is 0. The van der Waals surface area contributed by atoms with Crippen molar-refractivity contribution in [3.8, 4) is 51.0 Å². The predicted molar refractivity (Wildman–Crippen MR) is 209 cm³/mol. The minimum atomic E-state index is -0.296. The molecule has 0 aliphatic heterocycles. The van der Waals surface area contributed by atoms with Gasteiger partial charge < -0.3 is 4.57 Å². The van der Waals surface area contributed by atoms with E-state index in [0.717, 1.165) is 44.5 Å². The Morgan fingerprint density at radius 3 is 1.78 bits per heavy atom. The van der Waals surface area contributed by atoms with Crippen LogP contribution in [0.5, 0.6) is 0 Å². The number of thiophene rings is 1. The Morgan fingerprint density at radius 1 is 0.431 bits per heavy atom. The van der Waals surface area contributed by atoms with Crippen molar-refractivity contribution in [3.05, 3.63) is 170 Å². The molecule has 3 heterocycles. The Morgan fingerprint density at radius 2 is 1.06 bits per heavy atom. The zero-order valence-corrected chi connectivity index (χ0v) is 28.0. The van der Waals surface area contributed by atoms with E-state index in [0.29, 0.717) is 17.5 Å². The fourth-order valence-corrected chi connectivity index (χ4v) is 8.34. The number of fused-ring (bicyclic) bond motifs is 7. The van der Waals surface area contributed by atoms with E-state index < -0.39 is 0 Å². The smallest absolute Gasteiger partial charge is 0.164 e. The van der Waals surface area contributed by atoms with Gasteiger partial charge in [-0.2, -0.15) is 0 Å². The molecule has 4 nitrogen and oxygen atoms in total. The van der Waals surface area contributed by atoms with Crippen molar-refractivity contribution in [2.45, 2.75) is 0 Å². The molecule has 0 unspecified atom stereocenters. The summed E-state index contributed by atoms with van der Waals surface area (Å²) in [6, 6.07) is 54.6. The third-order valence-electron chi connectivity index (χ3n) is 9.51. The lowest BCUT2D eigenvalue weighted by atomic mass is 9.99. The van der Waals surface area contributed by atoms with E-state index >= 15 is 0 Å². The van der Waals surface area contributed by atoms with Crippen LogP contribution in [0, 0.1) is 5.82 Å². The van der Waals surface area contributed by atoms with Crippen LogP contribution in [-0.4, -0.2) is 19.5 Å². The molecule has 51 heavy (non-hydrogen) atoms. The van der Waals surface area contributed by atoms with E-state index in [9.17, 15) is 4.39 Å². The molecule has 3 aromatic heterocycles. The zero-order valence-electron chi connectivity index (χ0n) is 27.2. The molecule has 0 aliphatic carbocycles. The van der Waals surface area contributed by atoms with Gasteiger partial charge in [0.2, 0.25) is 0 Å². The third-order valence-corrected chi connectivity index (χ3v) is 10.6. The molecule has 0 fully saturated rings. The molecular weight excluding hydrogens is 648 g/mol. The highest BCUT2D eigenvalue weighted by Crippen LogP contribution is 2.44. The van der Waals surface area contributed by atoms with Gasteiger partial charge in [-0.1, -0.05) is 109 Å². The van der Waals surface area contributed by atoms with Crippen LogP contribution >= 0.6 is 11.3 Å². The topological polar surface area (TPSA) is 43.6 Å². The molecule has 0 N–H and O–H groups in total. The molecule has 0 saturated carbocycles. The fraction of sp³-hybridized carbons (Fsp3) is 0. The molecule has 6 heteroatoms. The number of rotatable bonds is 5. The Hall–Kier alpha value is -6.50. The van der Waals surface area contributed by atoms with Crippen molar-refractivity contribution in [1.82, 2.24) is 19.5 Å². The summed E-state index contributed by atoms with van der Waals surface area (Å²) in [5.74, 6) is 1.42. The molecule has 0 saturated heterocycles. The molecule has 0 bridgehead atoms. The summed E-state index contributed by atoms with van der Waals surface area (Å²) >= 11 is 1.82. The average molecular weight is 675 g/mol. The minimum Gasteiger partial charge on any atom is -0.309 e. The van der Waals surface area contributed by atoms with Crippen LogP contribution in [0.4, 0.5) is 4.39 Å². The van der Waals surface area contributed by atoms with Gasteiger partial charge in [0.1, 0.15) is 5.82 Å². The van der Waals surface area contributed by atoms with Gasteiger partial charge in [0.15, 0.2) is 17.5 Å². The number of aromatic nitrogens is 4. The summed E-state index contributed by atoms with van der Waals surface area (Å²) < 4.78 is 19.8. The van der Waals surface area contributed by atoms with E-state index in [1.807, 2.05) is 78.1 Å². The van der Waals surface area contributed by atoms with Gasteiger partial charge >= 0.3 is 0 Å². The van der Waals surface area contributed by atoms with Gasteiger partial charge in [0.25, 0.3) is 0 Å². The molecule has 0 spiro atoms. The van der Waals surface area contributed by atoms with Crippen molar-refractivity contribution in [2.75, 3.05) is 0 Å². The van der Waals surface area contributed by atoms with Crippen LogP contribution in [0.2, 0.25) is 0 Å². The lowest BCUT2D eigenvalue weighted by molar-refractivity contribution is 0.628. The van der Waals surface area contributed by atoms with Crippen molar-refractivity contribution in [1.29, 1.82) is 0 Å². The summed E-state index contributed by atoms with van der Waals surface area (Å²) in [4.78, 5) is 14.9. The Labute approximate surface area is 296 Å². The first-order valence-corrected chi connectivity index (χ1v) is 17.6. The molecule has 240 valence electrons. The first kappa shape index (κ1) is 29.4. The predicted octanol–water partition coefficient (Wildman–Crippen LogP) is 12.1. The lowest BCUT2D eigenvalue weighted by Crippen LogP contribution is -2.02. The van der Waals surface area contributed by atoms with Crippen molar-refractivity contribution in [3.63, 3.8) is 0 Å². The molecule has 0 radical (unpaired) electrons. The van der Waals surface area contributed by atoms with Crippen LogP contribution in [0.3, 0.4) is 0 Å². The van der Waals surface area contributed by atoms with Crippen LogP contribution < -0.4 is 0 Å². The second-order valence-electron chi connectivity index (χ2n) is 12.6. The summed E-state index contributed by atoms with van der Waals surface area (Å²) in [6.45, 7) is 0. The first-order valence-electron chi connectivity index (χ1n) is 16.8. The van der Waals surface area contributed by atoms with Crippen molar-refractivity contribution in [2.24, 2.45) is 0 Å². The average Bonchev–Trinajstić information content (AvgIpc) is 3.74. The molecule has 0 aliphatic rings. The van der Waals surface area contributed by atoms with Gasteiger partial charge in [0, 0.05) is 53.2 Å². The summed E-state index contributed by atoms with van der Waals surface area (Å²) in [5.41, 5.74) is 7.36. The number of benzene rings is 7. The summed E-state index contributed by atoms with van der Waals surface area (Å²) in [5, 5.41) is 4.91. The lowest BCUT2D eigenvalue weighted by Gasteiger charge is -2.16. The van der Waals surface area contributed by atoms with Crippen LogP contribution in [0.25, 0.3) is 93.0 Å².